The number of nitrogens with two attached hydrogens (primary N) is 1. The Morgan fingerprint density at radius 1 is 1.28 bits per heavy atom. The van der Waals surface area contributed by atoms with Crippen LogP contribution in [-0.2, 0) is 30.6 Å². The SMILES string of the molecule is Nc1cccc(/C(=N/OCC(=O)O)C(=O)NC2C(=O)N3C(C(=O)[O-])=C(C[n+]4ccccc4)CS[C@H]23)n1. The molecular formula is C22H20N6O7S. The number of rotatable bonds is 9. The number of nitrogens with zero attached hydrogens (tertiary/aromatic N) is 4. The van der Waals surface area contributed by atoms with Crippen molar-refractivity contribution in [3.63, 3.8) is 0 Å². The summed E-state index contributed by atoms with van der Waals surface area (Å²) in [6.45, 7) is -0.556. The van der Waals surface area contributed by atoms with Gasteiger partial charge in [-0.1, -0.05) is 17.3 Å². The molecule has 13 nitrogen and oxygen atoms in total. The summed E-state index contributed by atoms with van der Waals surface area (Å²) >= 11 is 1.29. The van der Waals surface area contributed by atoms with Crippen LogP contribution in [0.1, 0.15) is 5.69 Å². The molecule has 0 aliphatic carbocycles. The number of carbonyl (C=O) groups is 4. The van der Waals surface area contributed by atoms with E-state index in [1.807, 2.05) is 6.07 Å². The molecule has 2 atom stereocenters. The van der Waals surface area contributed by atoms with Gasteiger partial charge >= 0.3 is 5.97 Å². The van der Waals surface area contributed by atoms with Crippen molar-refractivity contribution in [3.8, 4) is 0 Å². The van der Waals surface area contributed by atoms with Gasteiger partial charge in [0.05, 0.1) is 11.7 Å². The Hall–Kier alpha value is -4.46. The van der Waals surface area contributed by atoms with Crippen LogP contribution in [0, 0.1) is 0 Å². The molecule has 4 heterocycles. The Kier molecular flexibility index (Phi) is 7.15. The second kappa shape index (κ2) is 10.4. The van der Waals surface area contributed by atoms with Crippen molar-refractivity contribution < 1.29 is 38.8 Å². The monoisotopic (exact) mass is 512 g/mol. The average molecular weight is 513 g/mol. The molecule has 4 rings (SSSR count). The molecule has 186 valence electrons. The number of aliphatic carboxylic acids is 2. The predicted molar refractivity (Wildman–Crippen MR) is 122 cm³/mol. The molecule has 2 aliphatic rings. The Balaban J connectivity index is 1.54. The van der Waals surface area contributed by atoms with Crippen LogP contribution in [0.3, 0.4) is 0 Å². The van der Waals surface area contributed by atoms with Crippen molar-refractivity contribution in [1.82, 2.24) is 15.2 Å². The number of fused-ring (bicyclic) bond motifs is 1. The van der Waals surface area contributed by atoms with Crippen LogP contribution in [0.25, 0.3) is 0 Å². The molecule has 0 spiro atoms. The van der Waals surface area contributed by atoms with Gasteiger partial charge in [-0.25, -0.2) is 14.3 Å². The van der Waals surface area contributed by atoms with Gasteiger partial charge in [0.25, 0.3) is 11.8 Å². The molecule has 0 aromatic carbocycles. The molecule has 1 fully saturated rings. The second-order valence-electron chi connectivity index (χ2n) is 7.70. The number of anilines is 1. The molecule has 14 heteroatoms. The highest BCUT2D eigenvalue weighted by Gasteiger charge is 2.53. The number of carbonyl (C=O) groups excluding carboxylic acids is 3. The van der Waals surface area contributed by atoms with Crippen molar-refractivity contribution in [2.24, 2.45) is 5.16 Å². The summed E-state index contributed by atoms with van der Waals surface area (Å²) in [7, 11) is 0. The van der Waals surface area contributed by atoms with Crippen LogP contribution in [0.5, 0.6) is 0 Å². The third kappa shape index (κ3) is 5.12. The number of oxime groups is 1. The topological polar surface area (TPSA) is 191 Å². The van der Waals surface area contributed by atoms with Crippen LogP contribution in [0.2, 0.25) is 0 Å². The quantitative estimate of drug-likeness (QED) is 0.145. The van der Waals surface area contributed by atoms with E-state index in [1.165, 1.54) is 30.0 Å². The van der Waals surface area contributed by atoms with Gasteiger partial charge in [0.1, 0.15) is 22.9 Å². The van der Waals surface area contributed by atoms with Crippen LogP contribution in [-0.4, -0.2) is 68.2 Å². The molecule has 1 saturated heterocycles. The summed E-state index contributed by atoms with van der Waals surface area (Å²) in [5.41, 5.74) is 5.55. The number of aromatic nitrogens is 2. The van der Waals surface area contributed by atoms with E-state index >= 15 is 0 Å². The van der Waals surface area contributed by atoms with Crippen LogP contribution in [0.4, 0.5) is 5.82 Å². The number of carboxylic acid groups (broad SMARTS) is 2. The second-order valence-corrected chi connectivity index (χ2v) is 8.81. The lowest BCUT2D eigenvalue weighted by Gasteiger charge is -2.50. The first-order valence-electron chi connectivity index (χ1n) is 10.5. The van der Waals surface area contributed by atoms with Crippen molar-refractivity contribution in [2.45, 2.75) is 18.0 Å². The van der Waals surface area contributed by atoms with E-state index in [0.717, 1.165) is 4.90 Å². The van der Waals surface area contributed by atoms with Crippen LogP contribution >= 0.6 is 11.8 Å². The standard InChI is InChI=1S/C22H20N6O7S/c23-14-6-4-5-13(24-14)16(26-35-10-15(29)30)19(31)25-17-20(32)28-18(22(33)34)12(11-36-21(17)28)9-27-7-2-1-3-8-27/h1-8,17,21H,9-11H2,(H4-,23,24,25,29,30,31,33,34)/b26-16-/t17?,21-/m1/s1. The van der Waals surface area contributed by atoms with Gasteiger partial charge in [0.2, 0.25) is 6.61 Å². The lowest BCUT2D eigenvalue weighted by molar-refractivity contribution is -0.689. The predicted octanol–water partition coefficient (Wildman–Crippen LogP) is -2.14. The maximum Gasteiger partial charge on any atom is 0.344 e. The van der Waals surface area contributed by atoms with E-state index in [9.17, 15) is 24.3 Å². The molecule has 36 heavy (non-hydrogen) atoms. The highest BCUT2D eigenvalue weighted by atomic mass is 32.2. The molecule has 4 N–H and O–H groups in total. The van der Waals surface area contributed by atoms with Crippen molar-refractivity contribution in [3.05, 3.63) is 65.8 Å². The zero-order valence-corrected chi connectivity index (χ0v) is 19.4. The maximum absolute atomic E-state index is 13.0. The van der Waals surface area contributed by atoms with Gasteiger partial charge in [-0.05, 0) is 12.1 Å². The first kappa shape index (κ1) is 24.7. The molecule has 2 aliphatic heterocycles. The fourth-order valence-electron chi connectivity index (χ4n) is 3.70. The molecule has 1 unspecified atom stereocenters. The summed E-state index contributed by atoms with van der Waals surface area (Å²) in [6.07, 6.45) is 3.55. The fourth-order valence-corrected chi connectivity index (χ4v) is 5.04. The summed E-state index contributed by atoms with van der Waals surface area (Å²) in [5, 5.41) is 26.1. The molecule has 2 amide bonds. The highest BCUT2D eigenvalue weighted by molar-refractivity contribution is 8.00. The summed E-state index contributed by atoms with van der Waals surface area (Å²) in [4.78, 5) is 58.5. The number of hydrogen-bond donors (Lipinski definition) is 3. The molecule has 2 aromatic rings. The maximum atomic E-state index is 13.0. The molecule has 0 radical (unpaired) electrons. The van der Waals surface area contributed by atoms with E-state index in [2.05, 4.69) is 15.5 Å². The molecular weight excluding hydrogens is 492 g/mol. The Morgan fingerprint density at radius 3 is 2.69 bits per heavy atom. The molecule has 0 saturated carbocycles. The number of thioether (sulfide) groups is 1. The zero-order valence-electron chi connectivity index (χ0n) is 18.6. The normalized spacial score (nSPS) is 19.3. The van der Waals surface area contributed by atoms with E-state index in [4.69, 9.17) is 15.7 Å². The minimum absolute atomic E-state index is 0.00434. The first-order chi connectivity index (χ1) is 17.3. The van der Waals surface area contributed by atoms with E-state index < -0.39 is 47.5 Å². The smallest absolute Gasteiger partial charge is 0.344 e. The summed E-state index contributed by atoms with van der Waals surface area (Å²) < 4.78 is 1.78. The summed E-state index contributed by atoms with van der Waals surface area (Å²) in [5.74, 6) is -3.94. The minimum atomic E-state index is -1.49. The number of pyridine rings is 2. The van der Waals surface area contributed by atoms with Gasteiger partial charge in [-0.2, -0.15) is 0 Å². The van der Waals surface area contributed by atoms with E-state index in [-0.39, 0.29) is 23.8 Å². The van der Waals surface area contributed by atoms with Gasteiger partial charge in [-0.3, -0.25) is 14.5 Å². The van der Waals surface area contributed by atoms with E-state index in [1.54, 1.807) is 29.1 Å². The van der Waals surface area contributed by atoms with Gasteiger partial charge in [-0.15, -0.1) is 11.8 Å². The van der Waals surface area contributed by atoms with Crippen molar-refractivity contribution in [1.29, 1.82) is 0 Å². The lowest BCUT2D eigenvalue weighted by Crippen LogP contribution is -2.71. The number of amides is 2. The Labute approximate surface area is 208 Å². The summed E-state index contributed by atoms with van der Waals surface area (Å²) in [6, 6.07) is 8.75. The third-order valence-corrected chi connectivity index (χ3v) is 6.59. The number of β-lactam (4-membered cyclic amide) rings is 1. The van der Waals surface area contributed by atoms with E-state index in [0.29, 0.717) is 11.3 Å². The van der Waals surface area contributed by atoms with Gasteiger partial charge in [0.15, 0.2) is 24.7 Å². The van der Waals surface area contributed by atoms with Crippen LogP contribution in [0.15, 0.2) is 65.2 Å². The highest BCUT2D eigenvalue weighted by Crippen LogP contribution is 2.40. The largest absolute Gasteiger partial charge is 0.543 e. The van der Waals surface area contributed by atoms with Crippen molar-refractivity contribution >= 4 is 47.0 Å². The lowest BCUT2D eigenvalue weighted by atomic mass is 10.0. The fraction of sp³-hybridized carbons (Fsp3) is 0.227. The van der Waals surface area contributed by atoms with Crippen molar-refractivity contribution in [2.75, 3.05) is 18.1 Å². The third-order valence-electron chi connectivity index (χ3n) is 5.25. The number of hydrogen-bond acceptors (Lipinski definition) is 10. The number of nitrogen functional groups attached to an aromatic ring is 1. The van der Waals surface area contributed by atoms with Crippen LogP contribution < -0.4 is 20.7 Å². The zero-order chi connectivity index (χ0) is 25.8. The Bertz CT molecular complexity index is 1280. The first-order valence-corrected chi connectivity index (χ1v) is 11.6. The van der Waals surface area contributed by atoms with Gasteiger partial charge in [0, 0.05) is 23.5 Å². The molecule has 2 aromatic heterocycles. The molecule has 0 bridgehead atoms. The Morgan fingerprint density at radius 2 is 2.03 bits per heavy atom. The average Bonchev–Trinajstić information content (AvgIpc) is 2.85. The number of carboxylic acids is 2. The number of nitrogens with one attached hydrogen (secondary N) is 1. The minimum Gasteiger partial charge on any atom is -0.543 e. The van der Waals surface area contributed by atoms with Gasteiger partial charge < -0.3 is 30.9 Å².